The number of carbonyl (C=O) groups is 1. The van der Waals surface area contributed by atoms with Crippen LogP contribution in [0.3, 0.4) is 0 Å². The molecule has 1 amide bonds. The van der Waals surface area contributed by atoms with E-state index in [1.54, 1.807) is 30.3 Å². The molecule has 2 N–H and O–H groups in total. The van der Waals surface area contributed by atoms with Crippen molar-refractivity contribution in [2.45, 2.75) is 5.92 Å². The largest absolute Gasteiger partial charge is 0.346 e. The lowest BCUT2D eigenvalue weighted by atomic mass is 9.99. The van der Waals surface area contributed by atoms with Gasteiger partial charge < -0.3 is 10.2 Å². The molecule has 0 bridgehead atoms. The smallest absolute Gasteiger partial charge is 0.232 e. The number of hydrogen-bond donors (Lipinski definition) is 2. The van der Waals surface area contributed by atoms with Crippen LogP contribution in [0.15, 0.2) is 54.0 Å². The minimum atomic E-state index is -2.87. The number of amides is 1. The normalized spacial score (nSPS) is 13.7. The monoisotopic (exact) mass is 423 g/mol. The number of thiophene rings is 1. The molecule has 8 heteroatoms. The standard InChI is InChI=1S/C19H16ClFNO3PS/c20-13-3-6-18-15(9-13)17(11-27-18)16(10-26(24)25)19(23)22-8-7-12-1-4-14(21)5-2-12/h1-9,11,16,26H,10H2,(H,22,23)(H,24,25)/b8-7+. The molecule has 0 saturated carbocycles. The minimum absolute atomic E-state index is 0.154. The SMILES string of the molecule is O=C(N/C=C/c1ccc(F)cc1)C(C[PH](=O)O)c1csc2ccc(Cl)cc12. The predicted molar refractivity (Wildman–Crippen MR) is 109 cm³/mol. The van der Waals surface area contributed by atoms with Gasteiger partial charge in [-0.15, -0.1) is 11.3 Å². The Kier molecular flexibility index (Phi) is 6.45. The van der Waals surface area contributed by atoms with Crippen molar-refractivity contribution in [2.24, 2.45) is 0 Å². The first kappa shape index (κ1) is 19.8. The van der Waals surface area contributed by atoms with Crippen molar-refractivity contribution in [3.8, 4) is 0 Å². The van der Waals surface area contributed by atoms with Gasteiger partial charge in [-0.05, 0) is 58.3 Å². The Morgan fingerprint density at radius 3 is 2.74 bits per heavy atom. The van der Waals surface area contributed by atoms with Gasteiger partial charge in [0.2, 0.25) is 5.91 Å². The average Bonchev–Trinajstić information content (AvgIpc) is 3.04. The second-order valence-corrected chi connectivity index (χ2v) is 8.42. The highest BCUT2D eigenvalue weighted by atomic mass is 35.5. The molecule has 0 spiro atoms. The fraction of sp³-hybridized carbons (Fsp3) is 0.105. The Bertz CT molecular complexity index is 1020. The van der Waals surface area contributed by atoms with Crippen molar-refractivity contribution in [2.75, 3.05) is 6.16 Å². The van der Waals surface area contributed by atoms with Crippen molar-refractivity contribution in [1.29, 1.82) is 0 Å². The van der Waals surface area contributed by atoms with Crippen LogP contribution in [0, 0.1) is 5.82 Å². The van der Waals surface area contributed by atoms with E-state index < -0.39 is 13.9 Å². The summed E-state index contributed by atoms with van der Waals surface area (Å²) in [7, 11) is -2.87. The van der Waals surface area contributed by atoms with Crippen molar-refractivity contribution >= 4 is 53.0 Å². The van der Waals surface area contributed by atoms with E-state index in [0.29, 0.717) is 10.6 Å². The van der Waals surface area contributed by atoms with Gasteiger partial charge >= 0.3 is 0 Å². The molecular weight excluding hydrogens is 408 g/mol. The number of fused-ring (bicyclic) bond motifs is 1. The van der Waals surface area contributed by atoms with E-state index in [9.17, 15) is 18.6 Å². The fourth-order valence-corrected chi connectivity index (χ4v) is 4.63. The zero-order valence-electron chi connectivity index (χ0n) is 14.0. The van der Waals surface area contributed by atoms with Gasteiger partial charge in [0, 0.05) is 22.1 Å². The molecule has 1 heterocycles. The Morgan fingerprint density at radius 1 is 1.30 bits per heavy atom. The Labute approximate surface area is 165 Å². The maximum Gasteiger partial charge on any atom is 0.232 e. The molecule has 4 nitrogen and oxygen atoms in total. The molecule has 0 aliphatic heterocycles. The van der Waals surface area contributed by atoms with Gasteiger partial charge in [-0.25, -0.2) is 4.39 Å². The highest BCUT2D eigenvalue weighted by molar-refractivity contribution is 7.38. The number of halogens is 2. The Morgan fingerprint density at radius 2 is 2.04 bits per heavy atom. The van der Waals surface area contributed by atoms with Crippen LogP contribution >= 0.6 is 31.0 Å². The molecule has 140 valence electrons. The van der Waals surface area contributed by atoms with Crippen LogP contribution in [0.2, 0.25) is 5.02 Å². The summed E-state index contributed by atoms with van der Waals surface area (Å²) in [5, 5.41) is 5.80. The summed E-state index contributed by atoms with van der Waals surface area (Å²) >= 11 is 7.51. The molecule has 0 radical (unpaired) electrons. The van der Waals surface area contributed by atoms with E-state index in [-0.39, 0.29) is 17.9 Å². The predicted octanol–water partition coefficient (Wildman–Crippen LogP) is 5.03. The molecule has 0 saturated heterocycles. The van der Waals surface area contributed by atoms with Crippen LogP contribution in [-0.2, 0) is 9.36 Å². The quantitative estimate of drug-likeness (QED) is 0.546. The van der Waals surface area contributed by atoms with E-state index in [1.807, 2.05) is 11.4 Å². The second-order valence-electron chi connectivity index (χ2n) is 5.88. The highest BCUT2D eigenvalue weighted by Gasteiger charge is 2.25. The lowest BCUT2D eigenvalue weighted by Gasteiger charge is -2.14. The summed E-state index contributed by atoms with van der Waals surface area (Å²) in [6, 6.07) is 11.2. The molecule has 2 unspecified atom stereocenters. The van der Waals surface area contributed by atoms with E-state index in [1.165, 1.54) is 29.7 Å². The lowest BCUT2D eigenvalue weighted by molar-refractivity contribution is -0.121. The van der Waals surface area contributed by atoms with Crippen LogP contribution < -0.4 is 5.32 Å². The van der Waals surface area contributed by atoms with Crippen molar-refractivity contribution in [3.63, 3.8) is 0 Å². The zero-order valence-corrected chi connectivity index (χ0v) is 16.6. The third-order valence-electron chi connectivity index (χ3n) is 4.01. The number of hydrogen-bond acceptors (Lipinski definition) is 3. The van der Waals surface area contributed by atoms with Gasteiger partial charge in [-0.2, -0.15) is 0 Å². The van der Waals surface area contributed by atoms with E-state index >= 15 is 0 Å². The summed E-state index contributed by atoms with van der Waals surface area (Å²) in [6.45, 7) is 0. The molecule has 2 atom stereocenters. The first-order valence-corrected chi connectivity index (χ1v) is 10.9. The maximum absolute atomic E-state index is 12.9. The number of carbonyl (C=O) groups excluding carboxylic acids is 1. The van der Waals surface area contributed by atoms with Crippen LogP contribution in [0.5, 0.6) is 0 Å². The first-order chi connectivity index (χ1) is 12.9. The summed E-state index contributed by atoms with van der Waals surface area (Å²) in [4.78, 5) is 22.1. The molecule has 0 aliphatic rings. The van der Waals surface area contributed by atoms with Crippen LogP contribution in [0.1, 0.15) is 17.0 Å². The molecule has 0 aliphatic carbocycles. The fourth-order valence-electron chi connectivity index (χ4n) is 2.70. The van der Waals surface area contributed by atoms with E-state index in [2.05, 4.69) is 5.32 Å². The van der Waals surface area contributed by atoms with Crippen LogP contribution in [0.4, 0.5) is 4.39 Å². The third-order valence-corrected chi connectivity index (χ3v) is 5.98. The summed E-state index contributed by atoms with van der Waals surface area (Å²) < 4.78 is 25.3. The molecule has 3 rings (SSSR count). The Hall–Kier alpha value is -1.98. The van der Waals surface area contributed by atoms with Gasteiger partial charge in [0.15, 0.2) is 8.03 Å². The van der Waals surface area contributed by atoms with Gasteiger partial charge in [0.1, 0.15) is 5.82 Å². The van der Waals surface area contributed by atoms with E-state index in [4.69, 9.17) is 11.6 Å². The number of benzene rings is 2. The topological polar surface area (TPSA) is 66.4 Å². The van der Waals surface area contributed by atoms with Crippen molar-refractivity contribution in [3.05, 3.63) is 76.0 Å². The number of rotatable bonds is 6. The average molecular weight is 424 g/mol. The van der Waals surface area contributed by atoms with Crippen molar-refractivity contribution in [1.82, 2.24) is 5.32 Å². The lowest BCUT2D eigenvalue weighted by Crippen LogP contribution is -2.26. The molecule has 2 aromatic carbocycles. The minimum Gasteiger partial charge on any atom is -0.346 e. The molecular formula is C19H16ClFNO3PS. The van der Waals surface area contributed by atoms with Crippen LogP contribution in [-0.4, -0.2) is 17.0 Å². The first-order valence-electron chi connectivity index (χ1n) is 8.05. The molecule has 1 aromatic heterocycles. The van der Waals surface area contributed by atoms with Crippen molar-refractivity contribution < 1.29 is 18.6 Å². The van der Waals surface area contributed by atoms with E-state index in [0.717, 1.165) is 15.6 Å². The Balaban J connectivity index is 1.83. The maximum atomic E-state index is 12.9. The van der Waals surface area contributed by atoms with Gasteiger partial charge in [0.25, 0.3) is 0 Å². The molecule has 27 heavy (non-hydrogen) atoms. The van der Waals surface area contributed by atoms with Gasteiger partial charge in [-0.3, -0.25) is 9.36 Å². The molecule has 3 aromatic rings. The second kappa shape index (κ2) is 8.81. The zero-order chi connectivity index (χ0) is 19.4. The number of nitrogens with one attached hydrogen (secondary N) is 1. The van der Waals surface area contributed by atoms with Crippen LogP contribution in [0.25, 0.3) is 16.2 Å². The van der Waals surface area contributed by atoms with Gasteiger partial charge in [-0.1, -0.05) is 23.7 Å². The highest BCUT2D eigenvalue weighted by Crippen LogP contribution is 2.36. The summed E-state index contributed by atoms with van der Waals surface area (Å²) in [5.74, 6) is -1.50. The van der Waals surface area contributed by atoms with Gasteiger partial charge in [0.05, 0.1) is 5.92 Å². The summed E-state index contributed by atoms with van der Waals surface area (Å²) in [6.07, 6.45) is 2.91. The summed E-state index contributed by atoms with van der Waals surface area (Å²) in [5.41, 5.74) is 1.40. The molecule has 0 fully saturated rings. The third kappa shape index (κ3) is 5.05.